The number of rotatable bonds is 2. The topological polar surface area (TPSA) is 52.3 Å². The van der Waals surface area contributed by atoms with E-state index in [0.717, 1.165) is 12.1 Å². The summed E-state index contributed by atoms with van der Waals surface area (Å²) in [4.78, 5) is 11.7. The van der Waals surface area contributed by atoms with Crippen LogP contribution in [0.2, 0.25) is 0 Å². The lowest BCUT2D eigenvalue weighted by molar-refractivity contribution is -0.149. The second-order valence-corrected chi connectivity index (χ2v) is 4.71. The highest BCUT2D eigenvalue weighted by Gasteiger charge is 2.42. The number of fused-ring (bicyclic) bond motifs is 1. The Morgan fingerprint density at radius 3 is 2.50 bits per heavy atom. The molecule has 0 amide bonds. The zero-order valence-corrected chi connectivity index (χ0v) is 11.6. The van der Waals surface area contributed by atoms with E-state index in [1.165, 1.54) is 6.07 Å². The van der Waals surface area contributed by atoms with Crippen LogP contribution in [0.25, 0.3) is 0 Å². The van der Waals surface area contributed by atoms with Crippen LogP contribution in [-0.4, -0.2) is 18.1 Å². The molecular weight excluding hydrogens is 295 g/mol. The van der Waals surface area contributed by atoms with Gasteiger partial charge in [-0.3, -0.25) is 4.79 Å². The number of nitrogens with two attached hydrogens (primary N) is 1. The Kier molecular flexibility index (Phi) is 4.71. The number of ether oxygens (including phenoxy) is 1. The van der Waals surface area contributed by atoms with E-state index < -0.39 is 23.2 Å². The van der Waals surface area contributed by atoms with E-state index in [9.17, 15) is 18.0 Å². The molecule has 1 aromatic rings. The summed E-state index contributed by atoms with van der Waals surface area (Å²) in [6.07, 6.45) is -4.11. The molecule has 2 rings (SSSR count). The maximum atomic E-state index is 12.6. The number of halogens is 4. The van der Waals surface area contributed by atoms with E-state index in [1.54, 1.807) is 6.92 Å². The first-order valence-corrected chi connectivity index (χ1v) is 5.91. The molecule has 0 spiro atoms. The van der Waals surface area contributed by atoms with Crippen molar-refractivity contribution in [3.05, 3.63) is 34.9 Å². The van der Waals surface area contributed by atoms with Crippen LogP contribution in [0, 0.1) is 0 Å². The first-order valence-electron chi connectivity index (χ1n) is 5.91. The van der Waals surface area contributed by atoms with Crippen LogP contribution >= 0.6 is 12.4 Å². The fourth-order valence-corrected chi connectivity index (χ4v) is 2.30. The molecule has 1 unspecified atom stereocenters. The predicted molar refractivity (Wildman–Crippen MR) is 69.7 cm³/mol. The van der Waals surface area contributed by atoms with E-state index in [1.807, 2.05) is 0 Å². The van der Waals surface area contributed by atoms with Crippen LogP contribution in [0.5, 0.6) is 0 Å². The van der Waals surface area contributed by atoms with Crippen molar-refractivity contribution in [3.8, 4) is 0 Å². The van der Waals surface area contributed by atoms with E-state index in [4.69, 9.17) is 10.5 Å². The molecule has 0 radical (unpaired) electrons. The van der Waals surface area contributed by atoms with Crippen molar-refractivity contribution in [2.75, 3.05) is 6.61 Å². The van der Waals surface area contributed by atoms with Crippen molar-refractivity contribution in [2.45, 2.75) is 31.5 Å². The van der Waals surface area contributed by atoms with Crippen LogP contribution in [-0.2, 0) is 28.5 Å². The van der Waals surface area contributed by atoms with Gasteiger partial charge in [-0.25, -0.2) is 0 Å². The van der Waals surface area contributed by atoms with Gasteiger partial charge in [0.25, 0.3) is 0 Å². The number of carbonyl (C=O) groups excluding carboxylic acids is 1. The molecule has 0 saturated carbocycles. The van der Waals surface area contributed by atoms with Crippen molar-refractivity contribution < 1.29 is 22.7 Å². The van der Waals surface area contributed by atoms with Gasteiger partial charge in [-0.1, -0.05) is 6.07 Å². The van der Waals surface area contributed by atoms with Gasteiger partial charge in [0.15, 0.2) is 0 Å². The van der Waals surface area contributed by atoms with Gasteiger partial charge in [0.1, 0.15) is 5.54 Å². The lowest BCUT2D eigenvalue weighted by atomic mass is 9.97. The minimum atomic E-state index is -4.39. The number of alkyl halides is 3. The second-order valence-electron chi connectivity index (χ2n) is 4.71. The van der Waals surface area contributed by atoms with Crippen molar-refractivity contribution >= 4 is 18.4 Å². The number of benzene rings is 1. The Balaban J connectivity index is 0.00000200. The standard InChI is InChI=1S/C13H14F3NO2.ClH/c1-2-19-11(18)12(17)6-8-3-4-10(13(14,15)16)5-9(8)7-12;/h3-5H,2,6-7,17H2,1H3;1H. The van der Waals surface area contributed by atoms with Crippen molar-refractivity contribution in [3.63, 3.8) is 0 Å². The molecule has 1 aromatic carbocycles. The third-order valence-electron chi connectivity index (χ3n) is 3.23. The molecule has 1 atom stereocenters. The summed E-state index contributed by atoms with van der Waals surface area (Å²) in [5, 5.41) is 0. The zero-order chi connectivity index (χ0) is 14.3. The highest BCUT2D eigenvalue weighted by atomic mass is 35.5. The van der Waals surface area contributed by atoms with Gasteiger partial charge in [-0.2, -0.15) is 13.2 Å². The van der Waals surface area contributed by atoms with Gasteiger partial charge < -0.3 is 10.5 Å². The highest BCUT2D eigenvalue weighted by Crippen LogP contribution is 2.35. The smallest absolute Gasteiger partial charge is 0.416 e. The van der Waals surface area contributed by atoms with Gasteiger partial charge in [-0.15, -0.1) is 12.4 Å². The van der Waals surface area contributed by atoms with Gasteiger partial charge in [0.05, 0.1) is 12.2 Å². The number of carbonyl (C=O) groups is 1. The van der Waals surface area contributed by atoms with Crippen molar-refractivity contribution in [1.29, 1.82) is 0 Å². The van der Waals surface area contributed by atoms with Gasteiger partial charge in [-0.05, 0) is 30.2 Å². The summed E-state index contributed by atoms with van der Waals surface area (Å²) in [6.45, 7) is 1.85. The summed E-state index contributed by atoms with van der Waals surface area (Å²) in [6, 6.07) is 3.45. The second kappa shape index (κ2) is 5.61. The molecule has 0 bridgehead atoms. The Morgan fingerprint density at radius 2 is 1.95 bits per heavy atom. The van der Waals surface area contributed by atoms with Crippen molar-refractivity contribution in [1.82, 2.24) is 0 Å². The molecular formula is C13H15ClF3NO2. The predicted octanol–water partition coefficient (Wildman–Crippen LogP) is 2.49. The lowest BCUT2D eigenvalue weighted by Gasteiger charge is -2.20. The molecule has 3 nitrogen and oxygen atoms in total. The number of hydrogen-bond acceptors (Lipinski definition) is 3. The highest BCUT2D eigenvalue weighted by molar-refractivity contribution is 5.85. The first-order chi connectivity index (χ1) is 8.76. The SMILES string of the molecule is CCOC(=O)C1(N)Cc2ccc(C(F)(F)F)cc2C1.Cl. The monoisotopic (exact) mass is 309 g/mol. The maximum absolute atomic E-state index is 12.6. The van der Waals surface area contributed by atoms with E-state index in [2.05, 4.69) is 0 Å². The fraction of sp³-hybridized carbons (Fsp3) is 0.462. The van der Waals surface area contributed by atoms with E-state index >= 15 is 0 Å². The number of hydrogen-bond donors (Lipinski definition) is 1. The van der Waals surface area contributed by atoms with Crippen molar-refractivity contribution in [2.24, 2.45) is 5.73 Å². The molecule has 1 aliphatic rings. The summed E-state index contributed by atoms with van der Waals surface area (Å²) in [5.74, 6) is -0.570. The molecule has 0 aromatic heterocycles. The third-order valence-corrected chi connectivity index (χ3v) is 3.23. The summed E-state index contributed by atoms with van der Waals surface area (Å²) >= 11 is 0. The molecule has 2 N–H and O–H groups in total. The average molecular weight is 310 g/mol. The fourth-order valence-electron chi connectivity index (χ4n) is 2.30. The Labute approximate surface area is 120 Å². The Hall–Kier alpha value is -1.27. The van der Waals surface area contributed by atoms with Crippen LogP contribution in [0.4, 0.5) is 13.2 Å². The minimum Gasteiger partial charge on any atom is -0.465 e. The van der Waals surface area contributed by atoms with Crippen LogP contribution in [0.15, 0.2) is 18.2 Å². The lowest BCUT2D eigenvalue weighted by Crippen LogP contribution is -2.50. The van der Waals surface area contributed by atoms with Crippen LogP contribution in [0.3, 0.4) is 0 Å². The van der Waals surface area contributed by atoms with Gasteiger partial charge in [0, 0.05) is 12.8 Å². The Bertz CT molecular complexity index is 519. The van der Waals surface area contributed by atoms with Crippen LogP contribution < -0.4 is 5.73 Å². The minimum absolute atomic E-state index is 0. The first kappa shape index (κ1) is 16.8. The quantitative estimate of drug-likeness (QED) is 0.854. The van der Waals surface area contributed by atoms with Crippen LogP contribution in [0.1, 0.15) is 23.6 Å². The molecule has 0 aliphatic heterocycles. The number of esters is 1. The Morgan fingerprint density at radius 1 is 1.35 bits per heavy atom. The van der Waals surface area contributed by atoms with Gasteiger partial charge in [0.2, 0.25) is 0 Å². The normalized spacial score (nSPS) is 21.1. The van der Waals surface area contributed by atoms with Gasteiger partial charge >= 0.3 is 12.1 Å². The summed E-state index contributed by atoms with van der Waals surface area (Å²) in [5.41, 5.74) is 5.11. The molecule has 0 fully saturated rings. The molecule has 7 heteroatoms. The molecule has 20 heavy (non-hydrogen) atoms. The third kappa shape index (κ3) is 3.07. The van der Waals surface area contributed by atoms with E-state index in [-0.39, 0.29) is 31.9 Å². The molecule has 0 saturated heterocycles. The molecule has 112 valence electrons. The molecule has 0 heterocycles. The summed E-state index contributed by atoms with van der Waals surface area (Å²) < 4.78 is 42.7. The maximum Gasteiger partial charge on any atom is 0.416 e. The van der Waals surface area contributed by atoms with E-state index in [0.29, 0.717) is 11.1 Å². The average Bonchev–Trinajstić information content (AvgIpc) is 2.64. The molecule has 1 aliphatic carbocycles. The summed E-state index contributed by atoms with van der Waals surface area (Å²) in [7, 11) is 0. The largest absolute Gasteiger partial charge is 0.465 e. The zero-order valence-electron chi connectivity index (χ0n) is 10.8.